The molecule has 0 atom stereocenters. The Morgan fingerprint density at radius 1 is 0.958 bits per heavy atom. The lowest BCUT2D eigenvalue weighted by atomic mass is 10.2. The largest absolute Gasteiger partial charge is 0.444 e. The van der Waals surface area contributed by atoms with Gasteiger partial charge >= 0.3 is 6.09 Å². The Bertz CT molecular complexity index is 886. The number of fused-ring (bicyclic) bond motifs is 1. The molecule has 0 spiro atoms. The van der Waals surface area contributed by atoms with E-state index in [1.807, 2.05) is 63.2 Å². The van der Waals surface area contributed by atoms with Crippen LogP contribution in [0.4, 0.5) is 10.5 Å². The molecular formula is C19H19N3O2. The van der Waals surface area contributed by atoms with Gasteiger partial charge in [0.15, 0.2) is 0 Å². The molecule has 2 heterocycles. The molecule has 122 valence electrons. The van der Waals surface area contributed by atoms with E-state index in [-0.39, 0.29) is 6.61 Å². The molecule has 0 radical (unpaired) electrons. The maximum absolute atomic E-state index is 12.0. The number of amides is 1. The van der Waals surface area contributed by atoms with Gasteiger partial charge in [0.2, 0.25) is 0 Å². The average Bonchev–Trinajstić information content (AvgIpc) is 2.52. The fourth-order valence-corrected chi connectivity index (χ4v) is 2.61. The lowest BCUT2D eigenvalue weighted by Crippen LogP contribution is -2.13. The predicted molar refractivity (Wildman–Crippen MR) is 94.0 cm³/mol. The highest BCUT2D eigenvalue weighted by Crippen LogP contribution is 2.18. The summed E-state index contributed by atoms with van der Waals surface area (Å²) >= 11 is 0. The molecule has 1 aromatic carbocycles. The zero-order chi connectivity index (χ0) is 17.1. The van der Waals surface area contributed by atoms with Gasteiger partial charge in [-0.05, 0) is 62.7 Å². The Hall–Kier alpha value is -2.95. The molecule has 0 aliphatic heterocycles. The summed E-state index contributed by atoms with van der Waals surface area (Å²) in [4.78, 5) is 20.7. The Balaban J connectivity index is 1.65. The molecule has 0 saturated carbocycles. The summed E-state index contributed by atoms with van der Waals surface area (Å²) in [5.74, 6) is 0. The maximum atomic E-state index is 12.0. The second-order valence-electron chi connectivity index (χ2n) is 5.82. The first-order valence-corrected chi connectivity index (χ1v) is 7.75. The van der Waals surface area contributed by atoms with Crippen molar-refractivity contribution in [2.24, 2.45) is 0 Å². The highest BCUT2D eigenvalue weighted by Gasteiger charge is 2.06. The fraction of sp³-hybridized carbons (Fsp3) is 0.211. The minimum Gasteiger partial charge on any atom is -0.444 e. The van der Waals surface area contributed by atoms with Crippen LogP contribution >= 0.6 is 0 Å². The zero-order valence-electron chi connectivity index (χ0n) is 14.0. The molecular weight excluding hydrogens is 302 g/mol. The Morgan fingerprint density at radius 2 is 1.71 bits per heavy atom. The number of rotatable bonds is 3. The SMILES string of the molecule is Cc1cc(COC(=O)Nc2ccc3nc(C)ccc3c2)cc(C)n1. The number of hydrogen-bond donors (Lipinski definition) is 1. The van der Waals surface area contributed by atoms with Gasteiger partial charge in [0, 0.05) is 28.2 Å². The van der Waals surface area contributed by atoms with Crippen LogP contribution in [0.1, 0.15) is 22.6 Å². The first-order valence-electron chi connectivity index (χ1n) is 7.75. The molecule has 0 saturated heterocycles. The number of carbonyl (C=O) groups is 1. The average molecular weight is 321 g/mol. The highest BCUT2D eigenvalue weighted by molar-refractivity contribution is 5.89. The van der Waals surface area contributed by atoms with Crippen molar-refractivity contribution in [2.45, 2.75) is 27.4 Å². The van der Waals surface area contributed by atoms with Gasteiger partial charge in [-0.2, -0.15) is 0 Å². The molecule has 3 rings (SSSR count). The van der Waals surface area contributed by atoms with Crippen molar-refractivity contribution in [3.05, 3.63) is 65.1 Å². The van der Waals surface area contributed by atoms with Crippen LogP contribution < -0.4 is 5.32 Å². The van der Waals surface area contributed by atoms with E-state index in [1.54, 1.807) is 0 Å². The van der Waals surface area contributed by atoms with Crippen LogP contribution in [0, 0.1) is 20.8 Å². The third-order valence-corrected chi connectivity index (χ3v) is 3.59. The summed E-state index contributed by atoms with van der Waals surface area (Å²) in [6.07, 6.45) is -0.485. The summed E-state index contributed by atoms with van der Waals surface area (Å²) in [5.41, 5.74) is 5.29. The predicted octanol–water partition coefficient (Wildman–Crippen LogP) is 4.30. The molecule has 3 aromatic rings. The number of pyridine rings is 2. The van der Waals surface area contributed by atoms with E-state index in [9.17, 15) is 4.79 Å². The Kier molecular flexibility index (Phi) is 4.42. The van der Waals surface area contributed by atoms with Gasteiger partial charge in [0.05, 0.1) is 5.52 Å². The van der Waals surface area contributed by atoms with Crippen LogP contribution in [0.3, 0.4) is 0 Å². The molecule has 1 N–H and O–H groups in total. The monoisotopic (exact) mass is 321 g/mol. The summed E-state index contributed by atoms with van der Waals surface area (Å²) in [6, 6.07) is 13.3. The molecule has 0 fully saturated rings. The lowest BCUT2D eigenvalue weighted by Gasteiger charge is -2.09. The number of anilines is 1. The van der Waals surface area contributed by atoms with Gasteiger partial charge in [0.1, 0.15) is 6.61 Å². The Morgan fingerprint density at radius 3 is 2.46 bits per heavy atom. The van der Waals surface area contributed by atoms with Gasteiger partial charge in [0.25, 0.3) is 0 Å². The second kappa shape index (κ2) is 6.66. The van der Waals surface area contributed by atoms with Crippen LogP contribution in [0.25, 0.3) is 10.9 Å². The van der Waals surface area contributed by atoms with E-state index < -0.39 is 6.09 Å². The van der Waals surface area contributed by atoms with E-state index >= 15 is 0 Å². The standard InChI is InChI=1S/C19H19N3O2/c1-12-4-5-16-10-17(6-7-18(16)21-12)22-19(23)24-11-15-8-13(2)20-14(3)9-15/h4-10H,11H2,1-3H3,(H,22,23). The van der Waals surface area contributed by atoms with Crippen molar-refractivity contribution >= 4 is 22.7 Å². The number of hydrogen-bond acceptors (Lipinski definition) is 4. The normalized spacial score (nSPS) is 10.6. The molecule has 2 aromatic heterocycles. The van der Waals surface area contributed by atoms with E-state index in [0.29, 0.717) is 5.69 Å². The smallest absolute Gasteiger partial charge is 0.411 e. The zero-order valence-corrected chi connectivity index (χ0v) is 14.0. The van der Waals surface area contributed by atoms with Crippen molar-refractivity contribution in [2.75, 3.05) is 5.32 Å². The van der Waals surface area contributed by atoms with Gasteiger partial charge in [-0.1, -0.05) is 6.07 Å². The highest BCUT2D eigenvalue weighted by atomic mass is 16.5. The molecule has 0 bridgehead atoms. The van der Waals surface area contributed by atoms with E-state index in [2.05, 4.69) is 15.3 Å². The number of carbonyl (C=O) groups excluding carboxylic acids is 1. The minimum atomic E-state index is -0.485. The topological polar surface area (TPSA) is 64.1 Å². The van der Waals surface area contributed by atoms with E-state index in [0.717, 1.165) is 33.5 Å². The molecule has 0 aliphatic rings. The Labute approximate surface area is 140 Å². The van der Waals surface area contributed by atoms with Crippen LogP contribution in [-0.2, 0) is 11.3 Å². The van der Waals surface area contributed by atoms with Crippen LogP contribution in [0.5, 0.6) is 0 Å². The third kappa shape index (κ3) is 3.87. The van der Waals surface area contributed by atoms with E-state index in [4.69, 9.17) is 4.74 Å². The van der Waals surface area contributed by atoms with Crippen LogP contribution in [-0.4, -0.2) is 16.1 Å². The molecule has 1 amide bonds. The van der Waals surface area contributed by atoms with Crippen molar-refractivity contribution in [3.63, 3.8) is 0 Å². The summed E-state index contributed by atoms with van der Waals surface area (Å²) < 4.78 is 5.28. The van der Waals surface area contributed by atoms with Crippen molar-refractivity contribution < 1.29 is 9.53 Å². The van der Waals surface area contributed by atoms with Gasteiger partial charge in [-0.15, -0.1) is 0 Å². The fourth-order valence-electron chi connectivity index (χ4n) is 2.61. The van der Waals surface area contributed by atoms with Gasteiger partial charge in [-0.25, -0.2) is 4.79 Å². The lowest BCUT2D eigenvalue weighted by molar-refractivity contribution is 0.155. The van der Waals surface area contributed by atoms with E-state index in [1.165, 1.54) is 0 Å². The number of ether oxygens (including phenoxy) is 1. The molecule has 5 nitrogen and oxygen atoms in total. The number of aromatic nitrogens is 2. The maximum Gasteiger partial charge on any atom is 0.411 e. The third-order valence-electron chi connectivity index (χ3n) is 3.59. The molecule has 0 unspecified atom stereocenters. The summed E-state index contributed by atoms with van der Waals surface area (Å²) in [6.45, 7) is 6.00. The first-order chi connectivity index (χ1) is 11.5. The number of nitrogens with zero attached hydrogens (tertiary/aromatic N) is 2. The quantitative estimate of drug-likeness (QED) is 0.781. The minimum absolute atomic E-state index is 0.213. The molecule has 24 heavy (non-hydrogen) atoms. The number of nitrogens with one attached hydrogen (secondary N) is 1. The van der Waals surface area contributed by atoms with Crippen LogP contribution in [0.2, 0.25) is 0 Å². The molecule has 0 aliphatic carbocycles. The second-order valence-corrected chi connectivity index (χ2v) is 5.82. The summed E-state index contributed by atoms with van der Waals surface area (Å²) in [5, 5.41) is 3.71. The van der Waals surface area contributed by atoms with Gasteiger partial charge < -0.3 is 4.74 Å². The number of aryl methyl sites for hydroxylation is 3. The van der Waals surface area contributed by atoms with Crippen molar-refractivity contribution in [3.8, 4) is 0 Å². The first kappa shape index (κ1) is 15.9. The van der Waals surface area contributed by atoms with Gasteiger partial charge in [-0.3, -0.25) is 15.3 Å². The summed E-state index contributed by atoms with van der Waals surface area (Å²) in [7, 11) is 0. The molecule has 5 heteroatoms. The van der Waals surface area contributed by atoms with Crippen LogP contribution in [0.15, 0.2) is 42.5 Å². The van der Waals surface area contributed by atoms with Crippen molar-refractivity contribution in [1.29, 1.82) is 0 Å². The van der Waals surface area contributed by atoms with Crippen molar-refractivity contribution in [1.82, 2.24) is 9.97 Å². The number of benzene rings is 1.